The number of fused-ring (bicyclic) bond motifs is 3. The highest BCUT2D eigenvalue weighted by Gasteiger charge is 2.45. The minimum Gasteiger partial charge on any atom is -0.360 e. The Morgan fingerprint density at radius 1 is 0.971 bits per heavy atom. The Balaban J connectivity index is 1.14. The molecular formula is C26H23F3N4O. The Kier molecular flexibility index (Phi) is 4.62. The molecule has 0 bridgehead atoms. The van der Waals surface area contributed by atoms with Gasteiger partial charge in [0.1, 0.15) is 12.0 Å². The number of nitrogens with zero attached hydrogens (tertiary/aromatic N) is 2. The summed E-state index contributed by atoms with van der Waals surface area (Å²) in [5, 5.41) is 6.32. The van der Waals surface area contributed by atoms with E-state index in [1.165, 1.54) is 11.6 Å². The highest BCUT2D eigenvalue weighted by molar-refractivity contribution is 6.02. The van der Waals surface area contributed by atoms with Gasteiger partial charge in [-0.2, -0.15) is 13.2 Å². The third-order valence-corrected chi connectivity index (χ3v) is 7.39. The molecule has 6 rings (SSSR count). The van der Waals surface area contributed by atoms with E-state index in [1.807, 2.05) is 30.3 Å². The van der Waals surface area contributed by atoms with Crippen molar-refractivity contribution < 1.29 is 18.0 Å². The minimum atomic E-state index is -4.38. The number of Topliss-reactive ketones (excluding diaryl/α,β-unsaturated/α-hetero) is 1. The number of benzene rings is 2. The van der Waals surface area contributed by atoms with Gasteiger partial charge in [0, 0.05) is 42.2 Å². The van der Waals surface area contributed by atoms with Crippen LogP contribution in [0.4, 0.5) is 30.4 Å². The summed E-state index contributed by atoms with van der Waals surface area (Å²) < 4.78 is 39.0. The fourth-order valence-electron chi connectivity index (χ4n) is 5.53. The maximum absolute atomic E-state index is 13.0. The molecule has 34 heavy (non-hydrogen) atoms. The predicted octanol–water partition coefficient (Wildman–Crippen LogP) is 5.76. The van der Waals surface area contributed by atoms with E-state index in [0.29, 0.717) is 17.8 Å². The van der Waals surface area contributed by atoms with Crippen molar-refractivity contribution in [2.45, 2.75) is 37.0 Å². The Morgan fingerprint density at radius 2 is 1.74 bits per heavy atom. The number of ketones is 1. The Labute approximate surface area is 195 Å². The molecule has 0 radical (unpaired) electrons. The fourth-order valence-corrected chi connectivity index (χ4v) is 5.53. The average Bonchev–Trinajstić information content (AvgIpc) is 3.38. The number of aromatic nitrogens is 1. The minimum absolute atomic E-state index is 0.0666. The molecule has 1 aliphatic carbocycles. The summed E-state index contributed by atoms with van der Waals surface area (Å²) in [4.78, 5) is 19.4. The van der Waals surface area contributed by atoms with E-state index < -0.39 is 11.7 Å². The standard InChI is InChI=1S/C26H23F3N4O/c27-26(28,29)17-6-7-20-21(13-17)32-24(31-20)16-5-8-23(30-15-16)33-11-9-25(10-12-33)14-22(34)18-3-1-2-4-19(18)25/h1-8,13,15,24,31-32H,9-12,14H2. The molecule has 2 N–H and O–H groups in total. The highest BCUT2D eigenvalue weighted by Crippen LogP contribution is 2.46. The molecule has 0 amide bonds. The van der Waals surface area contributed by atoms with Crippen molar-refractivity contribution in [3.63, 3.8) is 0 Å². The quantitative estimate of drug-likeness (QED) is 0.505. The van der Waals surface area contributed by atoms with Gasteiger partial charge >= 0.3 is 6.18 Å². The summed E-state index contributed by atoms with van der Waals surface area (Å²) in [7, 11) is 0. The summed E-state index contributed by atoms with van der Waals surface area (Å²) in [6, 6.07) is 15.5. The molecule has 2 aliphatic heterocycles. The molecular weight excluding hydrogens is 441 g/mol. The smallest absolute Gasteiger partial charge is 0.360 e. The van der Waals surface area contributed by atoms with Crippen molar-refractivity contribution >= 4 is 23.0 Å². The van der Waals surface area contributed by atoms with Crippen LogP contribution in [0.2, 0.25) is 0 Å². The summed E-state index contributed by atoms with van der Waals surface area (Å²) in [6.07, 6.45) is -0.564. The Morgan fingerprint density at radius 3 is 2.47 bits per heavy atom. The van der Waals surface area contributed by atoms with Gasteiger partial charge in [0.05, 0.1) is 16.9 Å². The summed E-state index contributed by atoms with van der Waals surface area (Å²) >= 11 is 0. The maximum atomic E-state index is 13.0. The first-order chi connectivity index (χ1) is 16.3. The van der Waals surface area contributed by atoms with E-state index in [4.69, 9.17) is 0 Å². The largest absolute Gasteiger partial charge is 0.416 e. The number of carbonyl (C=O) groups excluding carboxylic acids is 1. The van der Waals surface area contributed by atoms with Gasteiger partial charge in [0.2, 0.25) is 0 Å². The number of halogens is 3. The van der Waals surface area contributed by atoms with Crippen molar-refractivity contribution in [2.75, 3.05) is 28.6 Å². The second kappa shape index (κ2) is 7.48. The highest BCUT2D eigenvalue weighted by atomic mass is 19.4. The molecule has 1 atom stereocenters. The van der Waals surface area contributed by atoms with Crippen LogP contribution in [0.1, 0.15) is 52.5 Å². The van der Waals surface area contributed by atoms with Gasteiger partial charge in [0.25, 0.3) is 0 Å². The van der Waals surface area contributed by atoms with Gasteiger partial charge in [0.15, 0.2) is 5.78 Å². The van der Waals surface area contributed by atoms with Gasteiger partial charge in [-0.05, 0) is 48.7 Å². The number of alkyl halides is 3. The second-order valence-corrected chi connectivity index (χ2v) is 9.34. The summed E-state index contributed by atoms with van der Waals surface area (Å²) in [5.41, 5.74) is 3.23. The van der Waals surface area contributed by atoms with Crippen molar-refractivity contribution in [3.8, 4) is 0 Å². The molecule has 3 heterocycles. The monoisotopic (exact) mass is 464 g/mol. The topological polar surface area (TPSA) is 57.3 Å². The number of rotatable bonds is 2. The molecule has 1 aromatic heterocycles. The number of anilines is 3. The number of nitrogens with one attached hydrogen (secondary N) is 2. The van der Waals surface area contributed by atoms with E-state index in [-0.39, 0.29) is 17.4 Å². The summed E-state index contributed by atoms with van der Waals surface area (Å²) in [6.45, 7) is 1.64. The first-order valence-corrected chi connectivity index (χ1v) is 11.4. The van der Waals surface area contributed by atoms with E-state index in [0.717, 1.165) is 55.0 Å². The lowest BCUT2D eigenvalue weighted by Gasteiger charge is -2.40. The zero-order valence-electron chi connectivity index (χ0n) is 18.3. The van der Waals surface area contributed by atoms with Crippen LogP contribution in [0.25, 0.3) is 0 Å². The van der Waals surface area contributed by atoms with Crippen LogP contribution >= 0.6 is 0 Å². The van der Waals surface area contributed by atoms with Gasteiger partial charge in [-0.3, -0.25) is 4.79 Å². The van der Waals surface area contributed by atoms with Crippen LogP contribution in [0.5, 0.6) is 0 Å². The molecule has 1 spiro atoms. The average molecular weight is 464 g/mol. The fraction of sp³-hybridized carbons (Fsp3) is 0.308. The van der Waals surface area contributed by atoms with E-state index in [1.54, 1.807) is 6.20 Å². The SMILES string of the molecule is O=C1CC2(CCN(c3ccc(C4Nc5ccc(C(F)(F)F)cc5N4)cn3)CC2)c2ccccc21. The van der Waals surface area contributed by atoms with Gasteiger partial charge < -0.3 is 15.5 Å². The van der Waals surface area contributed by atoms with Gasteiger partial charge in [-0.15, -0.1) is 0 Å². The first kappa shape index (κ1) is 21.0. The molecule has 3 aliphatic rings. The van der Waals surface area contributed by atoms with Crippen LogP contribution in [-0.4, -0.2) is 23.9 Å². The van der Waals surface area contributed by atoms with E-state index >= 15 is 0 Å². The van der Waals surface area contributed by atoms with E-state index in [2.05, 4.69) is 26.6 Å². The molecule has 1 fully saturated rings. The van der Waals surface area contributed by atoms with Crippen molar-refractivity contribution in [3.05, 3.63) is 83.0 Å². The lowest BCUT2D eigenvalue weighted by atomic mass is 9.74. The zero-order valence-corrected chi connectivity index (χ0v) is 18.3. The number of hydrogen-bond acceptors (Lipinski definition) is 5. The first-order valence-electron chi connectivity index (χ1n) is 11.4. The van der Waals surface area contributed by atoms with Crippen molar-refractivity contribution in [2.24, 2.45) is 0 Å². The van der Waals surface area contributed by atoms with Crippen LogP contribution in [-0.2, 0) is 11.6 Å². The normalized spacial score (nSPS) is 20.6. The molecule has 8 heteroatoms. The molecule has 1 unspecified atom stereocenters. The number of hydrogen-bond donors (Lipinski definition) is 2. The zero-order chi connectivity index (χ0) is 23.5. The van der Waals surface area contributed by atoms with Crippen molar-refractivity contribution in [1.29, 1.82) is 0 Å². The van der Waals surface area contributed by atoms with Crippen LogP contribution < -0.4 is 15.5 Å². The predicted molar refractivity (Wildman–Crippen MR) is 124 cm³/mol. The van der Waals surface area contributed by atoms with Gasteiger partial charge in [-0.1, -0.05) is 24.3 Å². The lowest BCUT2D eigenvalue weighted by Crippen LogP contribution is -2.42. The maximum Gasteiger partial charge on any atom is 0.416 e. The number of piperidine rings is 1. The van der Waals surface area contributed by atoms with Crippen LogP contribution in [0.15, 0.2) is 60.8 Å². The molecule has 2 aromatic carbocycles. The van der Waals surface area contributed by atoms with Gasteiger partial charge in [-0.25, -0.2) is 4.98 Å². The van der Waals surface area contributed by atoms with Crippen LogP contribution in [0.3, 0.4) is 0 Å². The number of carbonyl (C=O) groups is 1. The summed E-state index contributed by atoms with van der Waals surface area (Å²) in [5.74, 6) is 1.11. The third kappa shape index (κ3) is 3.40. The van der Waals surface area contributed by atoms with E-state index in [9.17, 15) is 18.0 Å². The molecule has 174 valence electrons. The van der Waals surface area contributed by atoms with Crippen molar-refractivity contribution in [1.82, 2.24) is 4.98 Å². The Bertz CT molecular complexity index is 1260. The molecule has 1 saturated heterocycles. The third-order valence-electron chi connectivity index (χ3n) is 7.39. The molecule has 0 saturated carbocycles. The molecule has 3 aromatic rings. The lowest BCUT2D eigenvalue weighted by molar-refractivity contribution is -0.137. The second-order valence-electron chi connectivity index (χ2n) is 9.34. The number of pyridine rings is 1. The molecule has 5 nitrogen and oxygen atoms in total. The van der Waals surface area contributed by atoms with Crippen LogP contribution in [0, 0.1) is 0 Å². The Hall–Kier alpha value is -3.55.